The van der Waals surface area contributed by atoms with E-state index < -0.39 is 0 Å². The van der Waals surface area contributed by atoms with Crippen molar-refractivity contribution in [2.45, 2.75) is 25.7 Å². The number of hydrogen-bond donors (Lipinski definition) is 3. The second-order valence-electron chi connectivity index (χ2n) is 7.14. The monoisotopic (exact) mass is 408 g/mol. The molecule has 0 atom stereocenters. The van der Waals surface area contributed by atoms with Crippen molar-refractivity contribution in [2.24, 2.45) is 0 Å². The van der Waals surface area contributed by atoms with Crippen LogP contribution in [-0.4, -0.2) is 41.2 Å². The average molecular weight is 408 g/mol. The van der Waals surface area contributed by atoms with Gasteiger partial charge in [-0.1, -0.05) is 5.16 Å². The summed E-state index contributed by atoms with van der Waals surface area (Å²) in [6.45, 7) is 2.78. The molecule has 156 valence electrons. The first kappa shape index (κ1) is 19.7. The topological polar surface area (TPSA) is 114 Å². The zero-order chi connectivity index (χ0) is 20.9. The molecule has 1 aliphatic rings. The molecule has 0 bridgehead atoms. The van der Waals surface area contributed by atoms with Crippen LogP contribution in [0.25, 0.3) is 0 Å². The molecule has 1 aliphatic carbocycles. The standard InChI is InChI=1S/C21H24N6O3/c1-13-11-19(25-15-5-7-16(29-2)8-6-15)26-21(24-13)23-10-9-22-20(28)17-12-18(30-27-17)14-3-4-14/h5-8,11-12,14H,3-4,9-10H2,1-2H3,(H,22,28)(H2,23,24,25,26). The molecule has 0 spiro atoms. The normalized spacial score (nSPS) is 13.0. The fraction of sp³-hybridized carbons (Fsp3) is 0.333. The third-order valence-electron chi connectivity index (χ3n) is 4.65. The van der Waals surface area contributed by atoms with E-state index in [1.807, 2.05) is 37.3 Å². The molecule has 3 N–H and O–H groups in total. The van der Waals surface area contributed by atoms with Crippen LogP contribution in [0.2, 0.25) is 0 Å². The molecule has 3 aromatic rings. The number of carbonyl (C=O) groups is 1. The van der Waals surface area contributed by atoms with Crippen LogP contribution in [0.1, 0.15) is 40.7 Å². The first-order valence-corrected chi connectivity index (χ1v) is 9.86. The highest BCUT2D eigenvalue weighted by Gasteiger charge is 2.28. The minimum Gasteiger partial charge on any atom is -0.497 e. The minimum atomic E-state index is -0.250. The van der Waals surface area contributed by atoms with Gasteiger partial charge in [0.05, 0.1) is 7.11 Å². The van der Waals surface area contributed by atoms with Crippen LogP contribution in [0.15, 0.2) is 40.9 Å². The smallest absolute Gasteiger partial charge is 0.273 e. The van der Waals surface area contributed by atoms with Crippen molar-refractivity contribution in [3.05, 3.63) is 53.5 Å². The van der Waals surface area contributed by atoms with Crippen LogP contribution >= 0.6 is 0 Å². The highest BCUT2D eigenvalue weighted by Crippen LogP contribution is 2.40. The third-order valence-corrected chi connectivity index (χ3v) is 4.65. The van der Waals surface area contributed by atoms with Gasteiger partial charge in [0.1, 0.15) is 17.3 Å². The molecule has 0 unspecified atom stereocenters. The van der Waals surface area contributed by atoms with E-state index in [2.05, 4.69) is 31.1 Å². The second kappa shape index (κ2) is 8.81. The molecule has 30 heavy (non-hydrogen) atoms. The van der Waals surface area contributed by atoms with Crippen molar-refractivity contribution in [2.75, 3.05) is 30.8 Å². The van der Waals surface area contributed by atoms with E-state index in [1.54, 1.807) is 13.2 Å². The molecular weight excluding hydrogens is 384 g/mol. The molecule has 0 radical (unpaired) electrons. The Labute approximate surface area is 174 Å². The van der Waals surface area contributed by atoms with Crippen molar-refractivity contribution < 1.29 is 14.1 Å². The molecule has 0 saturated heterocycles. The number of aryl methyl sites for hydroxylation is 1. The van der Waals surface area contributed by atoms with Crippen LogP contribution in [-0.2, 0) is 0 Å². The molecule has 0 aliphatic heterocycles. The van der Waals surface area contributed by atoms with Crippen LogP contribution in [0.3, 0.4) is 0 Å². The van der Waals surface area contributed by atoms with E-state index >= 15 is 0 Å². The van der Waals surface area contributed by atoms with Gasteiger partial charge in [0.25, 0.3) is 5.91 Å². The Morgan fingerprint density at radius 3 is 2.70 bits per heavy atom. The summed E-state index contributed by atoms with van der Waals surface area (Å²) in [6.07, 6.45) is 2.21. The number of ether oxygens (including phenoxy) is 1. The zero-order valence-corrected chi connectivity index (χ0v) is 16.9. The Hall–Kier alpha value is -3.62. The quantitative estimate of drug-likeness (QED) is 0.462. The van der Waals surface area contributed by atoms with Gasteiger partial charge in [0.2, 0.25) is 5.95 Å². The van der Waals surface area contributed by atoms with E-state index in [-0.39, 0.29) is 5.91 Å². The Morgan fingerprint density at radius 2 is 1.97 bits per heavy atom. The number of nitrogens with zero attached hydrogens (tertiary/aromatic N) is 3. The Kier molecular flexibility index (Phi) is 5.78. The number of aromatic nitrogens is 3. The first-order valence-electron chi connectivity index (χ1n) is 9.86. The molecular formula is C21H24N6O3. The average Bonchev–Trinajstić information content (AvgIpc) is 3.47. The molecule has 2 heterocycles. The summed E-state index contributed by atoms with van der Waals surface area (Å²) < 4.78 is 10.4. The van der Waals surface area contributed by atoms with Crippen molar-refractivity contribution in [1.82, 2.24) is 20.4 Å². The predicted octanol–water partition coefficient (Wildman–Crippen LogP) is 3.24. The van der Waals surface area contributed by atoms with Gasteiger partial charge >= 0.3 is 0 Å². The molecule has 1 fully saturated rings. The van der Waals surface area contributed by atoms with E-state index in [1.165, 1.54) is 0 Å². The molecule has 9 nitrogen and oxygen atoms in total. The predicted molar refractivity (Wildman–Crippen MR) is 112 cm³/mol. The molecule has 4 rings (SSSR count). The maximum atomic E-state index is 12.2. The molecule has 1 aromatic carbocycles. The maximum Gasteiger partial charge on any atom is 0.273 e. The largest absolute Gasteiger partial charge is 0.497 e. The lowest BCUT2D eigenvalue weighted by Crippen LogP contribution is -2.29. The first-order chi connectivity index (χ1) is 14.6. The van der Waals surface area contributed by atoms with Crippen LogP contribution in [0.4, 0.5) is 17.5 Å². The van der Waals surface area contributed by atoms with Gasteiger partial charge in [-0.15, -0.1) is 0 Å². The Balaban J connectivity index is 1.27. The van der Waals surface area contributed by atoms with Gasteiger partial charge in [-0.05, 0) is 44.0 Å². The number of benzene rings is 1. The van der Waals surface area contributed by atoms with Gasteiger partial charge < -0.3 is 25.2 Å². The van der Waals surface area contributed by atoms with Gasteiger partial charge in [-0.25, -0.2) is 4.98 Å². The summed E-state index contributed by atoms with van der Waals surface area (Å²) in [4.78, 5) is 21.0. The van der Waals surface area contributed by atoms with Crippen LogP contribution < -0.4 is 20.7 Å². The fourth-order valence-corrected chi connectivity index (χ4v) is 2.93. The van der Waals surface area contributed by atoms with E-state index in [0.717, 1.165) is 35.7 Å². The zero-order valence-electron chi connectivity index (χ0n) is 16.9. The van der Waals surface area contributed by atoms with Crippen LogP contribution in [0.5, 0.6) is 5.75 Å². The summed E-state index contributed by atoms with van der Waals surface area (Å²) in [5.74, 6) is 2.92. The van der Waals surface area contributed by atoms with Gasteiger partial charge in [-0.3, -0.25) is 4.79 Å². The lowest BCUT2D eigenvalue weighted by molar-refractivity contribution is 0.0946. The van der Waals surface area contributed by atoms with E-state index in [0.29, 0.717) is 36.5 Å². The van der Waals surface area contributed by atoms with Crippen molar-refractivity contribution in [3.63, 3.8) is 0 Å². The summed E-state index contributed by atoms with van der Waals surface area (Å²) in [7, 11) is 1.63. The molecule has 2 aromatic heterocycles. The summed E-state index contributed by atoms with van der Waals surface area (Å²) in [5.41, 5.74) is 2.03. The van der Waals surface area contributed by atoms with Gasteiger partial charge in [-0.2, -0.15) is 4.98 Å². The fourth-order valence-electron chi connectivity index (χ4n) is 2.93. The van der Waals surface area contributed by atoms with Crippen molar-refractivity contribution in [3.8, 4) is 5.75 Å². The minimum absolute atomic E-state index is 0.250. The number of methoxy groups -OCH3 is 1. The maximum absolute atomic E-state index is 12.2. The lowest BCUT2D eigenvalue weighted by atomic mass is 10.3. The van der Waals surface area contributed by atoms with Crippen LogP contribution in [0, 0.1) is 6.92 Å². The SMILES string of the molecule is COc1ccc(Nc2cc(C)nc(NCCNC(=O)c3cc(C4CC4)on3)n2)cc1. The Morgan fingerprint density at radius 1 is 1.17 bits per heavy atom. The summed E-state index contributed by atoms with van der Waals surface area (Å²) in [5, 5.41) is 13.0. The number of rotatable bonds is 9. The second-order valence-corrected chi connectivity index (χ2v) is 7.14. The van der Waals surface area contributed by atoms with Gasteiger partial charge in [0.15, 0.2) is 5.69 Å². The van der Waals surface area contributed by atoms with Crippen molar-refractivity contribution >= 4 is 23.4 Å². The highest BCUT2D eigenvalue weighted by molar-refractivity contribution is 5.92. The molecule has 1 amide bonds. The Bertz CT molecular complexity index is 1010. The van der Waals surface area contributed by atoms with E-state index in [9.17, 15) is 4.79 Å². The highest BCUT2D eigenvalue weighted by atomic mass is 16.5. The number of carbonyl (C=O) groups excluding carboxylic acids is 1. The number of amides is 1. The third kappa shape index (κ3) is 5.05. The van der Waals surface area contributed by atoms with Crippen molar-refractivity contribution in [1.29, 1.82) is 0 Å². The number of nitrogens with one attached hydrogen (secondary N) is 3. The summed E-state index contributed by atoms with van der Waals surface area (Å²) >= 11 is 0. The molecule has 9 heteroatoms. The lowest BCUT2D eigenvalue weighted by Gasteiger charge is -2.10. The van der Waals surface area contributed by atoms with E-state index in [4.69, 9.17) is 9.26 Å². The number of hydrogen-bond acceptors (Lipinski definition) is 8. The number of anilines is 3. The molecule has 1 saturated carbocycles. The summed E-state index contributed by atoms with van der Waals surface area (Å²) in [6, 6.07) is 11.2. The van der Waals surface area contributed by atoms with Gasteiger partial charge in [0, 0.05) is 42.5 Å².